The summed E-state index contributed by atoms with van der Waals surface area (Å²) in [7, 11) is -10.2. The van der Waals surface area contributed by atoms with E-state index in [-0.39, 0.29) is 46.6 Å². The van der Waals surface area contributed by atoms with Gasteiger partial charge in [-0.15, -0.1) is 6.42 Å². The summed E-state index contributed by atoms with van der Waals surface area (Å²) in [5.41, 5.74) is 12.1. The van der Waals surface area contributed by atoms with Crippen LogP contribution in [-0.4, -0.2) is 115 Å². The topological polar surface area (TPSA) is 319 Å². The average molecular weight is 712 g/mol. The van der Waals surface area contributed by atoms with E-state index in [1.54, 1.807) is 0 Å². The summed E-state index contributed by atoms with van der Waals surface area (Å²) in [5, 5.41) is 22.3. The molecule has 0 spiro atoms. The Bertz CT molecular complexity index is 2010. The van der Waals surface area contributed by atoms with Gasteiger partial charge in [0.1, 0.15) is 48.5 Å². The highest BCUT2D eigenvalue weighted by Gasteiger charge is 2.54. The van der Waals surface area contributed by atoms with Gasteiger partial charge in [-0.2, -0.15) is 9.97 Å². The number of rotatable bonds is 4. The van der Waals surface area contributed by atoms with Crippen LogP contribution >= 0.6 is 15.6 Å². The lowest BCUT2D eigenvalue weighted by molar-refractivity contribution is -0.0672. The Morgan fingerprint density at radius 2 is 1.52 bits per heavy atom. The van der Waals surface area contributed by atoms with E-state index in [4.69, 9.17) is 50.2 Å². The van der Waals surface area contributed by atoms with E-state index in [0.29, 0.717) is 0 Å². The van der Waals surface area contributed by atoms with Gasteiger partial charge in [0, 0.05) is 0 Å². The molecule has 0 radical (unpaired) electrons. The molecule has 25 heteroatoms. The van der Waals surface area contributed by atoms with E-state index >= 15 is 0 Å². The van der Waals surface area contributed by atoms with Crippen molar-refractivity contribution in [3.63, 3.8) is 0 Å². The highest BCUT2D eigenvalue weighted by molar-refractivity contribution is 7.47. The van der Waals surface area contributed by atoms with Gasteiger partial charge >= 0.3 is 15.6 Å². The fourth-order valence-corrected chi connectivity index (χ4v) is 7.37. The van der Waals surface area contributed by atoms with Gasteiger partial charge in [-0.1, -0.05) is 5.92 Å². The molecule has 23 nitrogen and oxygen atoms in total. The number of hydrogen-bond acceptors (Lipinski definition) is 19. The van der Waals surface area contributed by atoms with Gasteiger partial charge in [0.25, 0.3) is 0 Å². The van der Waals surface area contributed by atoms with Gasteiger partial charge in [0.15, 0.2) is 41.7 Å². The number of nitrogens with two attached hydrogens (primary N) is 2. The number of phosphoric ester groups is 2. The van der Waals surface area contributed by atoms with Crippen LogP contribution < -0.4 is 16.2 Å². The number of imidazole rings is 2. The van der Waals surface area contributed by atoms with Crippen molar-refractivity contribution in [2.45, 2.75) is 49.1 Å². The van der Waals surface area contributed by atoms with Gasteiger partial charge in [-0.05, 0) is 0 Å². The van der Waals surface area contributed by atoms with E-state index in [2.05, 4.69) is 35.8 Å². The monoisotopic (exact) mass is 712 g/mol. The fourth-order valence-electron chi connectivity index (χ4n) is 5.47. The second-order valence-electron chi connectivity index (χ2n) is 10.6. The standard InChI is InChI=1S/C23H26N10O13P2/c1-2-3-40-20-12-19(30-23(25)31-20)33(8-29-12)22-16-13(34)9(43-22)4-41-47(36,37)45-15-10(5-42-48(38,39)46-16)44-21(14(15)35)32-7-28-11-17(24)26-6-27-18(11)32/h1,6-10,13-16,21-22,34-35H,3-5H2,(H,36,37)(H,38,39)(H2,24,26,27)(H2,25,30,31)/t9-,10-,13?,14?,15+,16+,21-,22-/m1/s1. The molecule has 3 aliphatic rings. The maximum Gasteiger partial charge on any atom is 0.472 e. The largest absolute Gasteiger partial charge is 0.472 e. The number of phosphoric acid groups is 2. The summed E-state index contributed by atoms with van der Waals surface area (Å²) in [4.78, 5) is 45.8. The summed E-state index contributed by atoms with van der Waals surface area (Å²) in [6.45, 7) is -1.81. The van der Waals surface area contributed by atoms with Crippen LogP contribution in [0, 0.1) is 12.3 Å². The summed E-state index contributed by atoms with van der Waals surface area (Å²) >= 11 is 0. The number of ether oxygens (including phenoxy) is 3. The van der Waals surface area contributed by atoms with Crippen LogP contribution in [0.25, 0.3) is 22.3 Å². The van der Waals surface area contributed by atoms with Crippen LogP contribution in [0.2, 0.25) is 0 Å². The summed E-state index contributed by atoms with van der Waals surface area (Å²) in [6, 6.07) is 0. The van der Waals surface area contributed by atoms with Crippen LogP contribution in [0.1, 0.15) is 12.5 Å². The quantitative estimate of drug-likeness (QED) is 0.102. The molecule has 0 saturated carbocycles. The minimum atomic E-state index is -5.12. The van der Waals surface area contributed by atoms with Gasteiger partial charge in [-0.3, -0.25) is 27.2 Å². The number of hydrogen-bond donors (Lipinski definition) is 6. The molecule has 2 bridgehead atoms. The number of aromatic nitrogens is 8. The third-order valence-corrected chi connectivity index (χ3v) is 9.54. The highest BCUT2D eigenvalue weighted by Crippen LogP contribution is 2.53. The van der Waals surface area contributed by atoms with Crippen molar-refractivity contribution in [2.24, 2.45) is 0 Å². The molecule has 10 atom stereocenters. The fraction of sp³-hybridized carbons (Fsp3) is 0.478. The van der Waals surface area contributed by atoms with Crippen molar-refractivity contribution in [1.82, 2.24) is 39.0 Å². The molecule has 8 N–H and O–H groups in total. The highest BCUT2D eigenvalue weighted by atomic mass is 31.2. The summed E-state index contributed by atoms with van der Waals surface area (Å²) in [5.74, 6) is 1.98. The molecular weight excluding hydrogens is 686 g/mol. The molecule has 4 aromatic heterocycles. The van der Waals surface area contributed by atoms with Crippen molar-refractivity contribution in [3.05, 3.63) is 19.0 Å². The first-order valence-corrected chi connectivity index (χ1v) is 16.8. The Hall–Kier alpha value is -3.88. The molecule has 4 unspecified atom stereocenters. The number of fused-ring (bicyclic) bond motifs is 5. The molecule has 3 saturated heterocycles. The molecule has 3 aliphatic heterocycles. The Labute approximate surface area is 267 Å². The lowest BCUT2D eigenvalue weighted by Gasteiger charge is -2.25. The van der Waals surface area contributed by atoms with Crippen molar-refractivity contribution in [2.75, 3.05) is 31.3 Å². The minimum Gasteiger partial charge on any atom is -0.463 e. The third kappa shape index (κ3) is 5.87. The normalized spacial score (nSPS) is 35.8. The summed E-state index contributed by atoms with van der Waals surface area (Å²) < 4.78 is 67.1. The molecule has 48 heavy (non-hydrogen) atoms. The predicted molar refractivity (Wildman–Crippen MR) is 155 cm³/mol. The van der Waals surface area contributed by atoms with Crippen LogP contribution in [0.5, 0.6) is 5.88 Å². The smallest absolute Gasteiger partial charge is 0.463 e. The molecule has 4 aromatic rings. The van der Waals surface area contributed by atoms with Crippen molar-refractivity contribution in [1.29, 1.82) is 0 Å². The lowest BCUT2D eigenvalue weighted by atomic mass is 10.1. The molecule has 7 heterocycles. The first-order valence-electron chi connectivity index (χ1n) is 13.8. The third-order valence-electron chi connectivity index (χ3n) is 7.57. The van der Waals surface area contributed by atoms with E-state index in [1.165, 1.54) is 21.8 Å². The van der Waals surface area contributed by atoms with E-state index in [9.17, 15) is 29.1 Å². The Morgan fingerprint density at radius 3 is 2.25 bits per heavy atom. The number of nitrogen functional groups attached to an aromatic ring is 2. The SMILES string of the molecule is C#CCOc1nc(N)nc2c1ncn2[C@@H]1O[C@@H]2COP(=O)(O)O[C@@H]3C(O)[C@H](n4cnc5c(N)ncnc54)O[C@@H]3COP(=O)(O)O[C@H]1C2O. The maximum atomic E-state index is 13.3. The van der Waals surface area contributed by atoms with E-state index in [1.807, 2.05) is 0 Å². The van der Waals surface area contributed by atoms with Crippen molar-refractivity contribution in [3.8, 4) is 18.2 Å². The molecule has 3 fully saturated rings. The molecule has 0 amide bonds. The van der Waals surface area contributed by atoms with Crippen molar-refractivity contribution < 1.29 is 61.4 Å². The molecule has 7 rings (SSSR count). The second-order valence-corrected chi connectivity index (χ2v) is 13.4. The predicted octanol–water partition coefficient (Wildman–Crippen LogP) is -1.62. The van der Waals surface area contributed by atoms with Gasteiger partial charge in [0.2, 0.25) is 11.8 Å². The molecule has 256 valence electrons. The molecule has 0 aliphatic carbocycles. The number of nitrogens with zero attached hydrogens (tertiary/aromatic N) is 8. The second kappa shape index (κ2) is 12.2. The average Bonchev–Trinajstić information content (AvgIpc) is 3.79. The zero-order valence-corrected chi connectivity index (χ0v) is 25.9. The first-order chi connectivity index (χ1) is 22.9. The number of terminal acetylenes is 1. The van der Waals surface area contributed by atoms with E-state index < -0.39 is 77.9 Å². The Morgan fingerprint density at radius 1 is 0.875 bits per heavy atom. The minimum absolute atomic E-state index is 0.00543. The maximum absolute atomic E-state index is 13.3. The lowest BCUT2D eigenvalue weighted by Crippen LogP contribution is -2.36. The van der Waals surface area contributed by atoms with Crippen molar-refractivity contribution >= 4 is 49.7 Å². The van der Waals surface area contributed by atoms with Crippen LogP contribution in [0.4, 0.5) is 11.8 Å². The molecule has 0 aromatic carbocycles. The summed E-state index contributed by atoms with van der Waals surface area (Å²) in [6.07, 6.45) is -3.77. The van der Waals surface area contributed by atoms with Gasteiger partial charge in [0.05, 0.1) is 25.9 Å². The molecular formula is C23H26N10O13P2. The van der Waals surface area contributed by atoms with Crippen LogP contribution in [0.15, 0.2) is 19.0 Å². The zero-order chi connectivity index (χ0) is 34.0. The zero-order valence-electron chi connectivity index (χ0n) is 24.1. The number of anilines is 2. The van der Waals surface area contributed by atoms with Gasteiger partial charge < -0.3 is 45.7 Å². The number of aliphatic hydroxyl groups is 2. The van der Waals surface area contributed by atoms with E-state index in [0.717, 1.165) is 6.33 Å². The van der Waals surface area contributed by atoms with Crippen LogP contribution in [0.3, 0.4) is 0 Å². The van der Waals surface area contributed by atoms with Gasteiger partial charge in [-0.25, -0.2) is 29.1 Å². The number of aliphatic hydroxyl groups excluding tert-OH is 2. The Kier molecular flexibility index (Phi) is 8.31. The Balaban J connectivity index is 1.20. The van der Waals surface area contributed by atoms with Crippen LogP contribution in [-0.2, 0) is 36.7 Å². The first kappa shape index (κ1) is 32.7.